The van der Waals surface area contributed by atoms with E-state index in [4.69, 9.17) is 10.00 Å². The van der Waals surface area contributed by atoms with Crippen molar-refractivity contribution in [2.45, 2.75) is 12.2 Å². The lowest BCUT2D eigenvalue weighted by Crippen LogP contribution is -1.98. The van der Waals surface area contributed by atoms with Gasteiger partial charge in [0.25, 0.3) is 0 Å². The zero-order valence-corrected chi connectivity index (χ0v) is 12.1. The standard InChI is InChI=1S/C17H17NOS/c18-13-15-6-4-7-16(12-15)14-20-11-5-10-19-17-8-2-1-3-9-17/h1-4,6-9,12H,5,10-11,14H2. The fourth-order valence-electron chi connectivity index (χ4n) is 1.79. The molecular weight excluding hydrogens is 266 g/mol. The van der Waals surface area contributed by atoms with Gasteiger partial charge in [-0.25, -0.2) is 0 Å². The van der Waals surface area contributed by atoms with E-state index in [0.717, 1.165) is 35.8 Å². The molecule has 0 amide bonds. The lowest BCUT2D eigenvalue weighted by molar-refractivity contribution is 0.318. The van der Waals surface area contributed by atoms with Crippen LogP contribution in [0, 0.1) is 11.3 Å². The summed E-state index contributed by atoms with van der Waals surface area (Å²) in [5.41, 5.74) is 1.94. The maximum absolute atomic E-state index is 8.84. The Kier molecular flexibility index (Phi) is 6.01. The third-order valence-electron chi connectivity index (χ3n) is 2.77. The lowest BCUT2D eigenvalue weighted by atomic mass is 10.2. The molecule has 2 aromatic rings. The van der Waals surface area contributed by atoms with E-state index in [9.17, 15) is 0 Å². The predicted molar refractivity (Wildman–Crippen MR) is 83.9 cm³/mol. The molecule has 0 aliphatic heterocycles. The van der Waals surface area contributed by atoms with Gasteiger partial charge in [-0.05, 0) is 42.0 Å². The Balaban J connectivity index is 1.61. The minimum absolute atomic E-state index is 0.732. The van der Waals surface area contributed by atoms with Crippen molar-refractivity contribution in [1.82, 2.24) is 0 Å². The molecule has 102 valence electrons. The fourth-order valence-corrected chi connectivity index (χ4v) is 2.67. The summed E-state index contributed by atoms with van der Waals surface area (Å²) in [6.45, 7) is 0.745. The van der Waals surface area contributed by atoms with Gasteiger partial charge in [0.2, 0.25) is 0 Å². The van der Waals surface area contributed by atoms with Gasteiger partial charge < -0.3 is 4.74 Å². The van der Waals surface area contributed by atoms with Crippen LogP contribution in [0.2, 0.25) is 0 Å². The van der Waals surface area contributed by atoms with Crippen LogP contribution in [0.25, 0.3) is 0 Å². The Morgan fingerprint density at radius 1 is 1.05 bits per heavy atom. The molecule has 0 radical (unpaired) electrons. The molecule has 0 aliphatic rings. The number of hydrogen-bond donors (Lipinski definition) is 0. The summed E-state index contributed by atoms with van der Waals surface area (Å²) in [5.74, 6) is 2.93. The van der Waals surface area contributed by atoms with E-state index in [-0.39, 0.29) is 0 Å². The molecule has 0 heterocycles. The zero-order valence-electron chi connectivity index (χ0n) is 11.3. The molecule has 2 nitrogen and oxygen atoms in total. The molecule has 0 bridgehead atoms. The molecule has 0 aromatic heterocycles. The lowest BCUT2D eigenvalue weighted by Gasteiger charge is -2.06. The topological polar surface area (TPSA) is 33.0 Å². The monoisotopic (exact) mass is 283 g/mol. The second kappa shape index (κ2) is 8.29. The van der Waals surface area contributed by atoms with Crippen LogP contribution in [0.5, 0.6) is 5.75 Å². The van der Waals surface area contributed by atoms with Gasteiger partial charge in [0, 0.05) is 5.75 Å². The average Bonchev–Trinajstić information content (AvgIpc) is 2.52. The predicted octanol–water partition coefficient (Wildman–Crippen LogP) is 4.26. The van der Waals surface area contributed by atoms with E-state index >= 15 is 0 Å². The highest BCUT2D eigenvalue weighted by Gasteiger charge is 1.97. The van der Waals surface area contributed by atoms with Crippen LogP contribution >= 0.6 is 11.8 Å². The van der Waals surface area contributed by atoms with Crippen molar-refractivity contribution >= 4 is 11.8 Å². The Morgan fingerprint density at radius 3 is 2.70 bits per heavy atom. The summed E-state index contributed by atoms with van der Waals surface area (Å²) >= 11 is 1.87. The Hall–Kier alpha value is -1.92. The smallest absolute Gasteiger partial charge is 0.119 e. The first-order valence-electron chi connectivity index (χ1n) is 6.63. The van der Waals surface area contributed by atoms with E-state index in [2.05, 4.69) is 12.1 Å². The number of benzene rings is 2. The highest BCUT2D eigenvalue weighted by atomic mass is 32.2. The van der Waals surface area contributed by atoms with Crippen molar-refractivity contribution < 1.29 is 4.74 Å². The van der Waals surface area contributed by atoms with Gasteiger partial charge in [-0.2, -0.15) is 17.0 Å². The minimum atomic E-state index is 0.732. The van der Waals surface area contributed by atoms with Gasteiger partial charge in [-0.1, -0.05) is 30.3 Å². The molecule has 0 atom stereocenters. The highest BCUT2D eigenvalue weighted by molar-refractivity contribution is 7.98. The Bertz CT molecular complexity index is 563. The average molecular weight is 283 g/mol. The van der Waals surface area contributed by atoms with Crippen molar-refractivity contribution in [2.75, 3.05) is 12.4 Å². The molecule has 0 N–H and O–H groups in total. The normalized spacial score (nSPS) is 9.95. The largest absolute Gasteiger partial charge is 0.494 e. The third-order valence-corrected chi connectivity index (χ3v) is 3.88. The molecule has 0 unspecified atom stereocenters. The quantitative estimate of drug-likeness (QED) is 0.712. The zero-order chi connectivity index (χ0) is 14.0. The number of nitriles is 1. The first-order chi connectivity index (χ1) is 9.88. The van der Waals surface area contributed by atoms with Crippen LogP contribution in [0.15, 0.2) is 54.6 Å². The van der Waals surface area contributed by atoms with Crippen molar-refractivity contribution in [1.29, 1.82) is 5.26 Å². The number of ether oxygens (including phenoxy) is 1. The van der Waals surface area contributed by atoms with Gasteiger partial charge in [0.15, 0.2) is 0 Å². The van der Waals surface area contributed by atoms with E-state index in [1.54, 1.807) is 0 Å². The molecule has 3 heteroatoms. The maximum atomic E-state index is 8.84. The van der Waals surface area contributed by atoms with E-state index in [1.807, 2.05) is 60.3 Å². The van der Waals surface area contributed by atoms with Crippen LogP contribution in [-0.2, 0) is 5.75 Å². The second-order valence-electron chi connectivity index (χ2n) is 4.38. The molecule has 0 saturated heterocycles. The summed E-state index contributed by atoms with van der Waals surface area (Å²) in [6, 6.07) is 19.8. The molecule has 20 heavy (non-hydrogen) atoms. The molecule has 0 spiro atoms. The maximum Gasteiger partial charge on any atom is 0.119 e. The molecule has 2 rings (SSSR count). The van der Waals surface area contributed by atoms with Gasteiger partial charge >= 0.3 is 0 Å². The molecule has 0 fully saturated rings. The Morgan fingerprint density at radius 2 is 1.90 bits per heavy atom. The van der Waals surface area contributed by atoms with Gasteiger partial charge in [0.05, 0.1) is 18.2 Å². The van der Waals surface area contributed by atoms with Crippen molar-refractivity contribution in [3.8, 4) is 11.8 Å². The fraction of sp³-hybridized carbons (Fsp3) is 0.235. The van der Waals surface area contributed by atoms with Crippen molar-refractivity contribution in [3.05, 3.63) is 65.7 Å². The molecular formula is C17H17NOS. The van der Waals surface area contributed by atoms with Crippen LogP contribution in [0.3, 0.4) is 0 Å². The van der Waals surface area contributed by atoms with Gasteiger partial charge in [-0.15, -0.1) is 0 Å². The third kappa shape index (κ3) is 4.99. The second-order valence-corrected chi connectivity index (χ2v) is 5.49. The molecule has 0 aliphatic carbocycles. The number of hydrogen-bond acceptors (Lipinski definition) is 3. The summed E-state index contributed by atoms with van der Waals surface area (Å²) in [6.07, 6.45) is 1.03. The van der Waals surface area contributed by atoms with Crippen LogP contribution < -0.4 is 4.74 Å². The summed E-state index contributed by atoms with van der Waals surface area (Å²) in [7, 11) is 0. The number of thioether (sulfide) groups is 1. The summed E-state index contributed by atoms with van der Waals surface area (Å²) < 4.78 is 5.64. The summed E-state index contributed by atoms with van der Waals surface area (Å²) in [5, 5.41) is 8.84. The molecule has 2 aromatic carbocycles. The molecule has 0 saturated carbocycles. The van der Waals surface area contributed by atoms with E-state index < -0.39 is 0 Å². The first-order valence-corrected chi connectivity index (χ1v) is 7.78. The SMILES string of the molecule is N#Cc1cccc(CSCCCOc2ccccc2)c1. The van der Waals surface area contributed by atoms with Crippen LogP contribution in [-0.4, -0.2) is 12.4 Å². The van der Waals surface area contributed by atoms with Crippen molar-refractivity contribution in [2.24, 2.45) is 0 Å². The Labute approximate surface area is 124 Å². The van der Waals surface area contributed by atoms with Crippen LogP contribution in [0.1, 0.15) is 17.5 Å². The number of nitrogens with zero attached hydrogens (tertiary/aromatic N) is 1. The first kappa shape index (κ1) is 14.5. The van der Waals surface area contributed by atoms with E-state index in [0.29, 0.717) is 0 Å². The van der Waals surface area contributed by atoms with Crippen molar-refractivity contribution in [3.63, 3.8) is 0 Å². The van der Waals surface area contributed by atoms with E-state index in [1.165, 1.54) is 5.56 Å². The van der Waals surface area contributed by atoms with Gasteiger partial charge in [-0.3, -0.25) is 0 Å². The summed E-state index contributed by atoms with van der Waals surface area (Å²) in [4.78, 5) is 0. The highest BCUT2D eigenvalue weighted by Crippen LogP contribution is 2.15. The number of para-hydroxylation sites is 1. The minimum Gasteiger partial charge on any atom is -0.494 e. The van der Waals surface area contributed by atoms with Crippen LogP contribution in [0.4, 0.5) is 0 Å². The number of rotatable bonds is 7. The van der Waals surface area contributed by atoms with Gasteiger partial charge in [0.1, 0.15) is 5.75 Å².